The molecule has 6 aromatic carbocycles. The summed E-state index contributed by atoms with van der Waals surface area (Å²) in [6.07, 6.45) is 1.82. The van der Waals surface area contributed by atoms with Crippen molar-refractivity contribution in [2.75, 3.05) is 0 Å². The summed E-state index contributed by atoms with van der Waals surface area (Å²) in [5, 5.41) is 4.99. The Kier molecular flexibility index (Phi) is 6.16. The second kappa shape index (κ2) is 10.6. The third-order valence-electron chi connectivity index (χ3n) is 9.71. The highest BCUT2D eigenvalue weighted by Gasteiger charge is 2.35. The normalized spacial score (nSPS) is 13.1. The summed E-state index contributed by atoms with van der Waals surface area (Å²) in [5.74, 6) is 0.689. The average molecular weight is 602 g/mol. The number of nitrogens with zero attached hydrogens (tertiary/aromatic N) is 3. The third kappa shape index (κ3) is 4.54. The van der Waals surface area contributed by atoms with Gasteiger partial charge in [0.1, 0.15) is 0 Å². The van der Waals surface area contributed by atoms with E-state index in [1.54, 1.807) is 0 Å². The van der Waals surface area contributed by atoms with Crippen LogP contribution in [0.2, 0.25) is 0 Å². The smallest absolute Gasteiger partial charge is 0.160 e. The molecule has 0 saturated carbocycles. The third-order valence-corrected chi connectivity index (χ3v) is 9.71. The average Bonchev–Trinajstić information content (AvgIpc) is 3.36. The molecule has 0 saturated heterocycles. The second-order valence-electron chi connectivity index (χ2n) is 12.9. The van der Waals surface area contributed by atoms with Gasteiger partial charge in [0.05, 0.1) is 17.1 Å². The van der Waals surface area contributed by atoms with Crippen LogP contribution in [-0.2, 0) is 5.41 Å². The molecule has 1 aliphatic rings. The number of fused-ring (bicyclic) bond motifs is 6. The van der Waals surface area contributed by atoms with Crippen LogP contribution in [0, 0.1) is 0 Å². The Hall–Kier alpha value is -5.93. The molecule has 0 aliphatic heterocycles. The predicted molar refractivity (Wildman–Crippen MR) is 194 cm³/mol. The van der Waals surface area contributed by atoms with Crippen LogP contribution in [0.3, 0.4) is 0 Å². The topological polar surface area (TPSA) is 38.7 Å². The van der Waals surface area contributed by atoms with Gasteiger partial charge in [0.25, 0.3) is 0 Å². The van der Waals surface area contributed by atoms with Gasteiger partial charge in [-0.3, -0.25) is 4.98 Å². The molecule has 3 heteroatoms. The van der Waals surface area contributed by atoms with Crippen molar-refractivity contribution in [1.29, 1.82) is 0 Å². The van der Waals surface area contributed by atoms with E-state index >= 15 is 0 Å². The maximum atomic E-state index is 5.16. The first-order valence-corrected chi connectivity index (χ1v) is 16.1. The molecule has 0 spiro atoms. The zero-order valence-electron chi connectivity index (χ0n) is 26.3. The van der Waals surface area contributed by atoms with E-state index in [1.807, 2.05) is 30.5 Å². The van der Waals surface area contributed by atoms with Gasteiger partial charge < -0.3 is 0 Å². The monoisotopic (exact) mass is 601 g/mol. The van der Waals surface area contributed by atoms with Crippen molar-refractivity contribution in [2.24, 2.45) is 0 Å². The number of hydrogen-bond acceptors (Lipinski definition) is 3. The van der Waals surface area contributed by atoms with Crippen molar-refractivity contribution in [3.8, 4) is 56.3 Å². The lowest BCUT2D eigenvalue weighted by atomic mass is 9.81. The summed E-state index contributed by atoms with van der Waals surface area (Å²) < 4.78 is 0. The summed E-state index contributed by atoms with van der Waals surface area (Å²) in [7, 11) is 0. The molecule has 9 rings (SSSR count). The van der Waals surface area contributed by atoms with E-state index in [0.717, 1.165) is 39.3 Å². The van der Waals surface area contributed by atoms with Gasteiger partial charge in [0, 0.05) is 33.9 Å². The van der Waals surface area contributed by atoms with Crippen LogP contribution in [0.25, 0.3) is 77.8 Å². The minimum atomic E-state index is -0.0166. The van der Waals surface area contributed by atoms with Gasteiger partial charge in [0.2, 0.25) is 0 Å². The maximum absolute atomic E-state index is 5.16. The van der Waals surface area contributed by atoms with Crippen molar-refractivity contribution >= 4 is 21.5 Å². The maximum Gasteiger partial charge on any atom is 0.160 e. The molecule has 3 nitrogen and oxygen atoms in total. The van der Waals surface area contributed by atoms with Crippen LogP contribution >= 0.6 is 0 Å². The molecule has 2 aromatic heterocycles. The van der Waals surface area contributed by atoms with Gasteiger partial charge in [-0.2, -0.15) is 0 Å². The molecule has 47 heavy (non-hydrogen) atoms. The molecule has 0 atom stereocenters. The fourth-order valence-corrected chi connectivity index (χ4v) is 7.25. The number of rotatable bonds is 4. The molecule has 0 bridgehead atoms. The standard InChI is InChI=1S/C44H31N3/c1-44(2)38-16-7-6-15-35(38)37-26-36-30(25-39(37)44)19-18-29-23-32(20-21-34(29)36)42-27-41(28-11-4-3-5-12-28)46-43(47-42)33-14-10-13-31(24-33)40-17-8-9-22-45-40/h3-27H,1-2H3. The molecular weight excluding hydrogens is 571 g/mol. The van der Waals surface area contributed by atoms with Gasteiger partial charge in [-0.25, -0.2) is 9.97 Å². The molecule has 8 aromatic rings. The first-order valence-electron chi connectivity index (χ1n) is 16.1. The van der Waals surface area contributed by atoms with Crippen LogP contribution in [-0.4, -0.2) is 15.0 Å². The first-order chi connectivity index (χ1) is 23.0. The SMILES string of the molecule is CC1(C)c2ccccc2-c2cc3c(ccc4cc(-c5cc(-c6ccccc6)nc(-c6cccc(-c7ccccn7)c6)n5)ccc43)cc21. The van der Waals surface area contributed by atoms with Gasteiger partial charge in [-0.15, -0.1) is 0 Å². The van der Waals surface area contributed by atoms with E-state index in [9.17, 15) is 0 Å². The number of hydrogen-bond donors (Lipinski definition) is 0. The van der Waals surface area contributed by atoms with Crippen LogP contribution in [0.5, 0.6) is 0 Å². The lowest BCUT2D eigenvalue weighted by Gasteiger charge is -2.21. The summed E-state index contributed by atoms with van der Waals surface area (Å²) in [6.45, 7) is 4.68. The summed E-state index contributed by atoms with van der Waals surface area (Å²) in [5.41, 5.74) is 12.3. The summed E-state index contributed by atoms with van der Waals surface area (Å²) in [6, 6.07) is 51.7. The number of aromatic nitrogens is 3. The highest BCUT2D eigenvalue weighted by atomic mass is 14.9. The van der Waals surface area contributed by atoms with Gasteiger partial charge >= 0.3 is 0 Å². The quantitative estimate of drug-likeness (QED) is 0.188. The van der Waals surface area contributed by atoms with Crippen molar-refractivity contribution in [3.63, 3.8) is 0 Å². The highest BCUT2D eigenvalue weighted by molar-refractivity contribution is 6.10. The van der Waals surface area contributed by atoms with Gasteiger partial charge in [0.15, 0.2) is 5.82 Å². The molecule has 1 aliphatic carbocycles. The van der Waals surface area contributed by atoms with E-state index in [2.05, 4.69) is 140 Å². The Labute approximate surface area is 274 Å². The Morgan fingerprint density at radius 3 is 1.96 bits per heavy atom. The number of benzene rings is 6. The molecular formula is C44H31N3. The summed E-state index contributed by atoms with van der Waals surface area (Å²) >= 11 is 0. The van der Waals surface area contributed by atoms with E-state index in [1.165, 1.54) is 43.8 Å². The fourth-order valence-electron chi connectivity index (χ4n) is 7.25. The molecule has 222 valence electrons. The Balaban J connectivity index is 1.19. The van der Waals surface area contributed by atoms with Crippen molar-refractivity contribution in [1.82, 2.24) is 15.0 Å². The molecule has 2 heterocycles. The Morgan fingerprint density at radius 2 is 1.13 bits per heavy atom. The van der Waals surface area contributed by atoms with E-state index < -0.39 is 0 Å². The first kappa shape index (κ1) is 27.4. The van der Waals surface area contributed by atoms with Crippen molar-refractivity contribution in [2.45, 2.75) is 19.3 Å². The zero-order chi connectivity index (χ0) is 31.5. The van der Waals surface area contributed by atoms with Crippen LogP contribution in [0.1, 0.15) is 25.0 Å². The Morgan fingerprint density at radius 1 is 0.426 bits per heavy atom. The van der Waals surface area contributed by atoms with Crippen molar-refractivity contribution < 1.29 is 0 Å². The van der Waals surface area contributed by atoms with E-state index in [0.29, 0.717) is 5.82 Å². The summed E-state index contributed by atoms with van der Waals surface area (Å²) in [4.78, 5) is 14.8. The van der Waals surface area contributed by atoms with Gasteiger partial charge in [-0.1, -0.05) is 117 Å². The van der Waals surface area contributed by atoms with Crippen molar-refractivity contribution in [3.05, 3.63) is 163 Å². The lowest BCUT2D eigenvalue weighted by molar-refractivity contribution is 0.661. The minimum absolute atomic E-state index is 0.0166. The molecule has 0 radical (unpaired) electrons. The molecule has 0 amide bonds. The lowest BCUT2D eigenvalue weighted by Crippen LogP contribution is -2.14. The highest BCUT2D eigenvalue weighted by Crippen LogP contribution is 2.50. The fraction of sp³-hybridized carbons (Fsp3) is 0.0682. The second-order valence-corrected chi connectivity index (χ2v) is 12.9. The van der Waals surface area contributed by atoms with E-state index in [-0.39, 0.29) is 5.41 Å². The zero-order valence-corrected chi connectivity index (χ0v) is 26.3. The molecule has 0 unspecified atom stereocenters. The minimum Gasteiger partial charge on any atom is -0.256 e. The van der Waals surface area contributed by atoms with Gasteiger partial charge in [-0.05, 0) is 86.3 Å². The largest absolute Gasteiger partial charge is 0.256 e. The van der Waals surface area contributed by atoms with Crippen LogP contribution in [0.4, 0.5) is 0 Å². The van der Waals surface area contributed by atoms with Crippen LogP contribution < -0.4 is 0 Å². The Bertz CT molecular complexity index is 2480. The van der Waals surface area contributed by atoms with Crippen LogP contribution in [0.15, 0.2) is 152 Å². The molecule has 0 N–H and O–H groups in total. The molecule has 0 fully saturated rings. The predicted octanol–water partition coefficient (Wildman–Crippen LogP) is 11.2. The number of pyridine rings is 1. The van der Waals surface area contributed by atoms with E-state index in [4.69, 9.17) is 9.97 Å².